The number of hydrogen-bond acceptors (Lipinski definition) is 5. The van der Waals surface area contributed by atoms with E-state index < -0.39 is 0 Å². The van der Waals surface area contributed by atoms with Gasteiger partial charge in [0.2, 0.25) is 5.91 Å². The molecule has 2 unspecified atom stereocenters. The third-order valence-electron chi connectivity index (χ3n) is 4.07. The molecule has 1 aromatic heterocycles. The topological polar surface area (TPSA) is 68.5 Å². The van der Waals surface area contributed by atoms with E-state index in [0.29, 0.717) is 19.6 Å². The summed E-state index contributed by atoms with van der Waals surface area (Å²) in [4.78, 5) is 18.8. The van der Waals surface area contributed by atoms with E-state index in [-0.39, 0.29) is 17.4 Å². The third kappa shape index (κ3) is 4.02. The summed E-state index contributed by atoms with van der Waals surface area (Å²) < 4.78 is 5.53. The average Bonchev–Trinajstić information content (AvgIpc) is 3.07. The summed E-state index contributed by atoms with van der Waals surface area (Å²) in [6.07, 6.45) is 1.35. The van der Waals surface area contributed by atoms with Crippen molar-refractivity contribution in [3.05, 3.63) is 16.1 Å². The predicted octanol–water partition coefficient (Wildman–Crippen LogP) is 1.98. The molecule has 2 heterocycles. The molecule has 0 radical (unpaired) electrons. The second-order valence-corrected chi connectivity index (χ2v) is 6.92. The van der Waals surface area contributed by atoms with Crippen LogP contribution in [0.15, 0.2) is 5.38 Å². The Morgan fingerprint density at radius 1 is 1.67 bits per heavy atom. The molecule has 2 N–H and O–H groups in total. The third-order valence-corrected chi connectivity index (χ3v) is 5.12. The van der Waals surface area contributed by atoms with E-state index in [1.807, 2.05) is 24.1 Å². The Labute approximate surface area is 130 Å². The summed E-state index contributed by atoms with van der Waals surface area (Å²) in [6.45, 7) is 8.96. The van der Waals surface area contributed by atoms with Gasteiger partial charge in [-0.25, -0.2) is 4.98 Å². The zero-order valence-corrected chi connectivity index (χ0v) is 13.9. The first kappa shape index (κ1) is 16.4. The number of rotatable bonds is 6. The average molecular weight is 311 g/mol. The molecule has 1 aliphatic heterocycles. The molecule has 1 saturated heterocycles. The van der Waals surface area contributed by atoms with Crippen molar-refractivity contribution in [2.24, 2.45) is 11.1 Å². The van der Waals surface area contributed by atoms with Gasteiger partial charge in [0.05, 0.1) is 12.1 Å². The summed E-state index contributed by atoms with van der Waals surface area (Å²) in [6, 6.07) is 0. The molecule has 2 rings (SSSR count). The largest absolute Gasteiger partial charge is 0.372 e. The van der Waals surface area contributed by atoms with Crippen LogP contribution in [-0.2, 0) is 16.0 Å². The van der Waals surface area contributed by atoms with Gasteiger partial charge >= 0.3 is 0 Å². The number of hydrogen-bond donors (Lipinski definition) is 1. The van der Waals surface area contributed by atoms with E-state index in [1.54, 1.807) is 11.3 Å². The highest BCUT2D eigenvalue weighted by Gasteiger charge is 2.34. The smallest absolute Gasteiger partial charge is 0.228 e. The number of thiazole rings is 1. The molecule has 2 atom stereocenters. The lowest BCUT2D eigenvalue weighted by molar-refractivity contribution is -0.129. The van der Waals surface area contributed by atoms with E-state index >= 15 is 0 Å². The van der Waals surface area contributed by atoms with Crippen LogP contribution in [-0.4, -0.2) is 42.0 Å². The molecule has 0 saturated carbocycles. The molecule has 0 bridgehead atoms. The predicted molar refractivity (Wildman–Crippen MR) is 84.2 cm³/mol. The van der Waals surface area contributed by atoms with Gasteiger partial charge < -0.3 is 15.4 Å². The van der Waals surface area contributed by atoms with E-state index in [9.17, 15) is 4.79 Å². The van der Waals surface area contributed by atoms with Crippen LogP contribution in [0.25, 0.3) is 0 Å². The molecule has 1 fully saturated rings. The molecule has 118 valence electrons. The summed E-state index contributed by atoms with van der Waals surface area (Å²) in [7, 11) is 0. The van der Waals surface area contributed by atoms with E-state index in [4.69, 9.17) is 10.5 Å². The molecule has 1 amide bonds. The molecule has 0 spiro atoms. The number of aromatic nitrogens is 1. The summed E-state index contributed by atoms with van der Waals surface area (Å²) >= 11 is 1.56. The van der Waals surface area contributed by atoms with Crippen LogP contribution in [0.4, 0.5) is 0 Å². The number of ether oxygens (including phenoxy) is 1. The van der Waals surface area contributed by atoms with Crippen molar-refractivity contribution in [2.75, 3.05) is 26.2 Å². The minimum atomic E-state index is -0.00355. The van der Waals surface area contributed by atoms with Gasteiger partial charge in [0.1, 0.15) is 11.1 Å². The van der Waals surface area contributed by atoms with Crippen molar-refractivity contribution < 1.29 is 9.53 Å². The zero-order chi connectivity index (χ0) is 15.5. The van der Waals surface area contributed by atoms with Gasteiger partial charge in [0, 0.05) is 25.1 Å². The van der Waals surface area contributed by atoms with E-state index in [0.717, 1.165) is 30.2 Å². The Morgan fingerprint density at radius 2 is 2.43 bits per heavy atom. The second-order valence-electron chi connectivity index (χ2n) is 6.03. The monoisotopic (exact) mass is 311 g/mol. The van der Waals surface area contributed by atoms with Crippen LogP contribution >= 0.6 is 11.3 Å². The van der Waals surface area contributed by atoms with Crippen LogP contribution in [0.1, 0.15) is 44.0 Å². The van der Waals surface area contributed by atoms with Gasteiger partial charge in [-0.15, -0.1) is 11.3 Å². The number of nitrogens with zero attached hydrogens (tertiary/aromatic N) is 2. The normalized spacial score (nSPS) is 23.5. The Hall–Kier alpha value is -0.980. The van der Waals surface area contributed by atoms with Crippen LogP contribution in [0.5, 0.6) is 0 Å². The maximum Gasteiger partial charge on any atom is 0.228 e. The summed E-state index contributed by atoms with van der Waals surface area (Å²) in [5.41, 5.74) is 6.70. The van der Waals surface area contributed by atoms with Crippen molar-refractivity contribution in [1.29, 1.82) is 0 Å². The molecule has 0 aliphatic carbocycles. The van der Waals surface area contributed by atoms with Crippen molar-refractivity contribution in [3.8, 4) is 0 Å². The fourth-order valence-corrected chi connectivity index (χ4v) is 3.40. The molecule has 6 heteroatoms. The molecule has 0 aromatic carbocycles. The molecular weight excluding hydrogens is 286 g/mol. The number of likely N-dealkylation sites (tertiary alicyclic amines) is 1. The molecule has 1 aromatic rings. The fraction of sp³-hybridized carbons (Fsp3) is 0.733. The maximum atomic E-state index is 12.3. The lowest BCUT2D eigenvalue weighted by Gasteiger charge is -2.22. The van der Waals surface area contributed by atoms with Crippen molar-refractivity contribution in [1.82, 2.24) is 9.88 Å². The Bertz CT molecular complexity index is 491. The number of amides is 1. The van der Waals surface area contributed by atoms with Crippen LogP contribution in [0.3, 0.4) is 0 Å². The maximum absolute atomic E-state index is 12.3. The highest BCUT2D eigenvalue weighted by molar-refractivity contribution is 7.09. The minimum Gasteiger partial charge on any atom is -0.372 e. The quantitative estimate of drug-likeness (QED) is 0.872. The molecular formula is C15H25N3O2S. The standard InChI is InChI=1S/C15H25N3O2S/c1-4-20-11(2)14-17-12(8-21-14)7-13(19)18-6-5-15(3,9-16)10-18/h8,11H,4-7,9-10,16H2,1-3H3. The summed E-state index contributed by atoms with van der Waals surface area (Å²) in [5.74, 6) is 0.146. The van der Waals surface area contributed by atoms with Gasteiger partial charge in [-0.2, -0.15) is 0 Å². The number of carbonyl (C=O) groups is 1. The molecule has 5 nitrogen and oxygen atoms in total. The lowest BCUT2D eigenvalue weighted by Crippen LogP contribution is -2.35. The minimum absolute atomic E-state index is 0.00355. The fourth-order valence-electron chi connectivity index (χ4n) is 2.58. The van der Waals surface area contributed by atoms with Crippen LogP contribution < -0.4 is 5.73 Å². The van der Waals surface area contributed by atoms with Crippen molar-refractivity contribution in [3.63, 3.8) is 0 Å². The first-order valence-corrected chi connectivity index (χ1v) is 8.39. The van der Waals surface area contributed by atoms with E-state index in [2.05, 4.69) is 11.9 Å². The highest BCUT2D eigenvalue weighted by Crippen LogP contribution is 2.29. The van der Waals surface area contributed by atoms with E-state index in [1.165, 1.54) is 0 Å². The van der Waals surface area contributed by atoms with Crippen LogP contribution in [0.2, 0.25) is 0 Å². The summed E-state index contributed by atoms with van der Waals surface area (Å²) in [5, 5.41) is 2.90. The van der Waals surface area contributed by atoms with Gasteiger partial charge in [-0.3, -0.25) is 4.79 Å². The SMILES string of the molecule is CCOC(C)c1nc(CC(=O)N2CCC(C)(CN)C2)cs1. The Kier molecular flexibility index (Phi) is 5.35. The highest BCUT2D eigenvalue weighted by atomic mass is 32.1. The Morgan fingerprint density at radius 3 is 3.05 bits per heavy atom. The second kappa shape index (κ2) is 6.85. The molecule has 1 aliphatic rings. The van der Waals surface area contributed by atoms with Gasteiger partial charge in [-0.1, -0.05) is 6.92 Å². The van der Waals surface area contributed by atoms with Gasteiger partial charge in [-0.05, 0) is 32.2 Å². The van der Waals surface area contributed by atoms with Crippen molar-refractivity contribution in [2.45, 2.75) is 39.7 Å². The zero-order valence-electron chi connectivity index (χ0n) is 13.1. The first-order valence-electron chi connectivity index (χ1n) is 7.51. The number of nitrogens with two attached hydrogens (primary N) is 1. The molecule has 21 heavy (non-hydrogen) atoms. The van der Waals surface area contributed by atoms with Crippen LogP contribution in [0, 0.1) is 5.41 Å². The first-order chi connectivity index (χ1) is 9.97. The lowest BCUT2D eigenvalue weighted by atomic mass is 9.90. The Balaban J connectivity index is 1.92. The van der Waals surface area contributed by atoms with Gasteiger partial charge in [0.25, 0.3) is 0 Å². The van der Waals surface area contributed by atoms with Crippen molar-refractivity contribution >= 4 is 17.2 Å². The van der Waals surface area contributed by atoms with Gasteiger partial charge in [0.15, 0.2) is 0 Å². The number of carbonyl (C=O) groups excluding carboxylic acids is 1.